The molecule has 1 N–H and O–H groups in total. The molecule has 0 aliphatic rings. The molecule has 0 spiro atoms. The fourth-order valence-electron chi connectivity index (χ4n) is 2.56. The summed E-state index contributed by atoms with van der Waals surface area (Å²) in [4.78, 5) is 10.2. The molecule has 9 nitrogen and oxygen atoms in total. The molecule has 4 aromatic rings. The summed E-state index contributed by atoms with van der Waals surface area (Å²) in [6, 6.07) is 9.86. The number of nitrogens with zero attached hydrogens (tertiary/aromatic N) is 5. The van der Waals surface area contributed by atoms with Crippen molar-refractivity contribution in [3.63, 3.8) is 0 Å². The minimum absolute atomic E-state index is 0.0341. The maximum Gasteiger partial charge on any atom is 0.269 e. The smallest absolute Gasteiger partial charge is 0.269 e. The molecule has 0 unspecified atom stereocenters. The second-order valence-electron chi connectivity index (χ2n) is 5.40. The van der Waals surface area contributed by atoms with Crippen molar-refractivity contribution in [1.29, 1.82) is 0 Å². The average molecular weight is 336 g/mol. The minimum Gasteiger partial charge on any atom is -0.460 e. The highest BCUT2D eigenvalue weighted by Crippen LogP contribution is 2.26. The number of anilines is 1. The summed E-state index contributed by atoms with van der Waals surface area (Å²) in [5.74, 6) is 1.30. The number of benzene rings is 1. The summed E-state index contributed by atoms with van der Waals surface area (Å²) in [7, 11) is 0. The molecule has 3 heterocycles. The third kappa shape index (κ3) is 2.67. The third-order valence-corrected chi connectivity index (χ3v) is 3.71. The predicted molar refractivity (Wildman–Crippen MR) is 91.8 cm³/mol. The molecule has 4 rings (SSSR count). The Bertz CT molecular complexity index is 1110. The molecule has 124 valence electrons. The largest absolute Gasteiger partial charge is 0.460 e. The normalized spacial score (nSPS) is 11.6. The van der Waals surface area contributed by atoms with Gasteiger partial charge in [0.05, 0.1) is 22.2 Å². The van der Waals surface area contributed by atoms with E-state index in [0.717, 1.165) is 27.9 Å². The molecule has 3 aromatic heterocycles. The summed E-state index contributed by atoms with van der Waals surface area (Å²) >= 11 is 0. The van der Waals surface area contributed by atoms with E-state index in [4.69, 9.17) is 4.42 Å². The van der Waals surface area contributed by atoms with E-state index in [1.807, 2.05) is 23.5 Å². The highest BCUT2D eigenvalue weighted by molar-refractivity contribution is 5.88. The Morgan fingerprint density at radius 2 is 2.08 bits per heavy atom. The van der Waals surface area contributed by atoms with E-state index in [-0.39, 0.29) is 5.69 Å². The molecule has 0 amide bonds. The fraction of sp³-hybridized carbons (Fsp3) is 0.0625. The monoisotopic (exact) mass is 336 g/mol. The minimum atomic E-state index is -0.445. The lowest BCUT2D eigenvalue weighted by Crippen LogP contribution is -1.99. The lowest BCUT2D eigenvalue weighted by molar-refractivity contribution is -0.384. The Morgan fingerprint density at radius 1 is 1.28 bits per heavy atom. The van der Waals surface area contributed by atoms with E-state index in [0.29, 0.717) is 5.82 Å². The van der Waals surface area contributed by atoms with E-state index >= 15 is 0 Å². The van der Waals surface area contributed by atoms with E-state index in [2.05, 4.69) is 20.7 Å². The summed E-state index contributed by atoms with van der Waals surface area (Å²) in [6.45, 7) is 1.88. The van der Waals surface area contributed by atoms with E-state index < -0.39 is 4.92 Å². The highest BCUT2D eigenvalue weighted by Gasteiger charge is 2.11. The first-order chi connectivity index (χ1) is 12.1. The Labute approximate surface area is 140 Å². The lowest BCUT2D eigenvalue weighted by atomic mass is 10.2. The number of hydrogen-bond donors (Lipinski definition) is 1. The van der Waals surface area contributed by atoms with Gasteiger partial charge in [0.25, 0.3) is 5.69 Å². The summed E-state index contributed by atoms with van der Waals surface area (Å²) < 4.78 is 7.48. The molecule has 0 saturated carbocycles. The zero-order valence-corrected chi connectivity index (χ0v) is 13.1. The number of nitro benzene ring substituents is 1. The van der Waals surface area contributed by atoms with Crippen molar-refractivity contribution in [3.05, 3.63) is 64.2 Å². The molecule has 0 aliphatic carbocycles. The van der Waals surface area contributed by atoms with Crippen LogP contribution in [0.1, 0.15) is 11.3 Å². The number of hydrazone groups is 1. The molecular formula is C16H12N6O3. The van der Waals surface area contributed by atoms with Crippen molar-refractivity contribution < 1.29 is 9.34 Å². The van der Waals surface area contributed by atoms with Crippen LogP contribution in [0.25, 0.3) is 16.6 Å². The van der Waals surface area contributed by atoms with Crippen LogP contribution >= 0.6 is 0 Å². The second kappa shape index (κ2) is 5.71. The van der Waals surface area contributed by atoms with Crippen molar-refractivity contribution in [3.8, 4) is 0 Å². The summed E-state index contributed by atoms with van der Waals surface area (Å²) in [6.07, 6.45) is 3.16. The van der Waals surface area contributed by atoms with Crippen LogP contribution < -0.4 is 5.43 Å². The van der Waals surface area contributed by atoms with Crippen molar-refractivity contribution >= 4 is 34.3 Å². The summed E-state index contributed by atoms with van der Waals surface area (Å²) in [5.41, 5.74) is 6.03. The molecule has 0 saturated heterocycles. The van der Waals surface area contributed by atoms with E-state index in [1.54, 1.807) is 24.7 Å². The van der Waals surface area contributed by atoms with Crippen LogP contribution in [0.3, 0.4) is 0 Å². The number of rotatable bonds is 4. The van der Waals surface area contributed by atoms with Crippen LogP contribution in [0.5, 0.6) is 0 Å². The SMILES string of the molecule is Cc1cc2c(cc3c(N/N=C/c4ccc([N+](=O)[O-])cc4)nncn32)o1. The standard InChI is InChI=1S/C16H12N6O3/c1-10-6-13-15(25-10)7-14-16(20-18-9-21(13)14)19-17-8-11-2-4-12(5-3-11)22(23)24/h2-9H,1H3,(H,19,20)/b17-8+. The molecule has 0 fully saturated rings. The molecular weight excluding hydrogens is 324 g/mol. The van der Waals surface area contributed by atoms with Crippen LogP contribution in [-0.4, -0.2) is 25.7 Å². The number of nitrogens with one attached hydrogen (secondary N) is 1. The van der Waals surface area contributed by atoms with Gasteiger partial charge in [-0.1, -0.05) is 0 Å². The van der Waals surface area contributed by atoms with Gasteiger partial charge >= 0.3 is 0 Å². The molecule has 9 heteroatoms. The molecule has 1 aromatic carbocycles. The summed E-state index contributed by atoms with van der Waals surface area (Å²) in [5, 5.41) is 22.8. The van der Waals surface area contributed by atoms with Gasteiger partial charge in [-0.15, -0.1) is 10.2 Å². The van der Waals surface area contributed by atoms with Gasteiger partial charge in [0.2, 0.25) is 0 Å². The molecule has 0 aliphatic heterocycles. The number of hydrogen-bond acceptors (Lipinski definition) is 7. The zero-order valence-electron chi connectivity index (χ0n) is 13.1. The van der Waals surface area contributed by atoms with Gasteiger partial charge in [-0.25, -0.2) is 0 Å². The Hall–Kier alpha value is -3.75. The van der Waals surface area contributed by atoms with Gasteiger partial charge in [-0.3, -0.25) is 19.9 Å². The van der Waals surface area contributed by atoms with Gasteiger partial charge in [-0.2, -0.15) is 5.10 Å². The topological polar surface area (TPSA) is 111 Å². The van der Waals surface area contributed by atoms with Crippen LogP contribution in [0.15, 0.2) is 52.2 Å². The lowest BCUT2D eigenvalue weighted by Gasteiger charge is -2.01. The van der Waals surface area contributed by atoms with Gasteiger partial charge in [0.1, 0.15) is 12.1 Å². The number of fused-ring (bicyclic) bond motifs is 3. The Morgan fingerprint density at radius 3 is 2.84 bits per heavy atom. The molecule has 0 atom stereocenters. The number of furan rings is 1. The zero-order chi connectivity index (χ0) is 17.4. The highest BCUT2D eigenvalue weighted by atomic mass is 16.6. The first-order valence-corrected chi connectivity index (χ1v) is 7.38. The van der Waals surface area contributed by atoms with Gasteiger partial charge in [0.15, 0.2) is 11.4 Å². The van der Waals surface area contributed by atoms with Gasteiger partial charge < -0.3 is 4.42 Å². The molecule has 0 radical (unpaired) electrons. The quantitative estimate of drug-likeness (QED) is 0.348. The van der Waals surface area contributed by atoms with Crippen LogP contribution in [0.2, 0.25) is 0 Å². The second-order valence-corrected chi connectivity index (χ2v) is 5.40. The maximum atomic E-state index is 10.6. The maximum absolute atomic E-state index is 10.6. The van der Waals surface area contributed by atoms with Crippen molar-refractivity contribution in [2.24, 2.45) is 5.10 Å². The first-order valence-electron chi connectivity index (χ1n) is 7.38. The predicted octanol–water partition coefficient (Wildman–Crippen LogP) is 3.14. The van der Waals surface area contributed by atoms with Crippen LogP contribution in [0, 0.1) is 17.0 Å². The van der Waals surface area contributed by atoms with E-state index in [1.165, 1.54) is 12.1 Å². The van der Waals surface area contributed by atoms with Crippen LogP contribution in [-0.2, 0) is 0 Å². The van der Waals surface area contributed by atoms with Crippen molar-refractivity contribution in [2.75, 3.05) is 5.43 Å². The average Bonchev–Trinajstić information content (AvgIpc) is 3.12. The molecule has 25 heavy (non-hydrogen) atoms. The van der Waals surface area contributed by atoms with Crippen LogP contribution in [0.4, 0.5) is 11.5 Å². The number of aryl methyl sites for hydroxylation is 1. The Balaban J connectivity index is 1.60. The van der Waals surface area contributed by atoms with Crippen molar-refractivity contribution in [1.82, 2.24) is 14.6 Å². The molecule has 0 bridgehead atoms. The van der Waals surface area contributed by atoms with E-state index in [9.17, 15) is 10.1 Å². The first kappa shape index (κ1) is 14.8. The van der Waals surface area contributed by atoms with Gasteiger partial charge in [0, 0.05) is 24.3 Å². The number of aromatic nitrogens is 3. The van der Waals surface area contributed by atoms with Gasteiger partial charge in [-0.05, 0) is 24.6 Å². The Kier molecular flexibility index (Phi) is 3.38. The number of nitro groups is 1. The fourth-order valence-corrected chi connectivity index (χ4v) is 2.56. The number of non-ortho nitro benzene ring substituents is 1. The van der Waals surface area contributed by atoms with Crippen molar-refractivity contribution in [2.45, 2.75) is 6.92 Å². The third-order valence-electron chi connectivity index (χ3n) is 3.71.